The second-order valence-corrected chi connectivity index (χ2v) is 8.50. The third kappa shape index (κ3) is 4.27. The summed E-state index contributed by atoms with van der Waals surface area (Å²) in [5, 5.41) is 0. The number of aromatic nitrogens is 1. The number of fused-ring (bicyclic) bond motifs is 1. The van der Waals surface area contributed by atoms with E-state index in [-0.39, 0.29) is 0 Å². The third-order valence-electron chi connectivity index (χ3n) is 6.35. The summed E-state index contributed by atoms with van der Waals surface area (Å²) in [5.74, 6) is 0. The first kappa shape index (κ1) is 20.6. The second-order valence-electron chi connectivity index (χ2n) is 8.50. The van der Waals surface area contributed by atoms with Gasteiger partial charge >= 0.3 is 0 Å². The summed E-state index contributed by atoms with van der Waals surface area (Å²) in [4.78, 5) is 9.60. The summed E-state index contributed by atoms with van der Waals surface area (Å²) >= 11 is 0. The van der Waals surface area contributed by atoms with Crippen LogP contribution in [-0.2, 0) is 6.42 Å². The molecule has 1 fully saturated rings. The Balaban J connectivity index is 1.63. The van der Waals surface area contributed by atoms with Crippen molar-refractivity contribution in [1.29, 1.82) is 0 Å². The van der Waals surface area contributed by atoms with Crippen LogP contribution < -0.4 is 0 Å². The summed E-state index contributed by atoms with van der Waals surface area (Å²) in [5.41, 5.74) is 9.97. The fraction of sp³-hybridized carbons (Fsp3) is 0.370. The SMILES string of the molecule is C=C(/C=C(\C=C/C)C1=CCc2ncc(C3=CCCC=C3C)cc21)N1CCN(C)CC1. The number of hydrogen-bond donors (Lipinski definition) is 0. The molecular weight excluding hydrogens is 366 g/mol. The van der Waals surface area contributed by atoms with Gasteiger partial charge in [-0.15, -0.1) is 0 Å². The first-order valence-electron chi connectivity index (χ1n) is 11.1. The number of allylic oxidation sites excluding steroid dienone is 10. The normalized spacial score (nSPS) is 20.2. The molecule has 0 bridgehead atoms. The van der Waals surface area contributed by atoms with E-state index in [1.54, 1.807) is 0 Å². The van der Waals surface area contributed by atoms with Crippen molar-refractivity contribution >= 4 is 11.1 Å². The van der Waals surface area contributed by atoms with Crippen LogP contribution in [0.2, 0.25) is 0 Å². The molecule has 0 saturated carbocycles. The Morgan fingerprint density at radius 1 is 1.10 bits per heavy atom. The zero-order chi connectivity index (χ0) is 21.1. The van der Waals surface area contributed by atoms with Gasteiger partial charge in [0, 0.05) is 55.6 Å². The van der Waals surface area contributed by atoms with Crippen LogP contribution in [0.4, 0.5) is 0 Å². The Labute approximate surface area is 181 Å². The minimum atomic E-state index is 0.898. The Kier molecular flexibility index (Phi) is 6.19. The molecule has 1 aliphatic heterocycles. The average Bonchev–Trinajstić information content (AvgIpc) is 3.17. The van der Waals surface area contributed by atoms with Gasteiger partial charge in [-0.3, -0.25) is 4.98 Å². The highest BCUT2D eigenvalue weighted by molar-refractivity contribution is 5.88. The lowest BCUT2D eigenvalue weighted by Gasteiger charge is -2.34. The summed E-state index contributed by atoms with van der Waals surface area (Å²) < 4.78 is 0. The van der Waals surface area contributed by atoms with Crippen LogP contribution in [0.5, 0.6) is 0 Å². The van der Waals surface area contributed by atoms with Crippen LogP contribution in [0.1, 0.15) is 43.5 Å². The van der Waals surface area contributed by atoms with E-state index in [0.29, 0.717) is 0 Å². The van der Waals surface area contributed by atoms with Gasteiger partial charge in [-0.1, -0.05) is 37.0 Å². The van der Waals surface area contributed by atoms with Crippen molar-refractivity contribution in [2.24, 2.45) is 0 Å². The van der Waals surface area contributed by atoms with Gasteiger partial charge in [-0.05, 0) is 68.2 Å². The van der Waals surface area contributed by atoms with Crippen LogP contribution in [0.15, 0.2) is 72.1 Å². The molecule has 0 N–H and O–H groups in total. The predicted molar refractivity (Wildman–Crippen MR) is 128 cm³/mol. The zero-order valence-corrected chi connectivity index (χ0v) is 18.6. The van der Waals surface area contributed by atoms with Gasteiger partial charge in [-0.25, -0.2) is 0 Å². The Morgan fingerprint density at radius 3 is 2.60 bits per heavy atom. The Hall–Kier alpha value is -2.65. The minimum absolute atomic E-state index is 0.898. The van der Waals surface area contributed by atoms with Crippen molar-refractivity contribution in [2.45, 2.75) is 33.1 Å². The van der Waals surface area contributed by atoms with Crippen molar-refractivity contribution in [3.8, 4) is 0 Å². The van der Waals surface area contributed by atoms with Crippen molar-refractivity contribution in [3.63, 3.8) is 0 Å². The van der Waals surface area contributed by atoms with E-state index < -0.39 is 0 Å². The van der Waals surface area contributed by atoms with E-state index >= 15 is 0 Å². The maximum atomic E-state index is 4.83. The van der Waals surface area contributed by atoms with Gasteiger partial charge in [-0.2, -0.15) is 0 Å². The number of rotatable bonds is 5. The van der Waals surface area contributed by atoms with E-state index in [2.05, 4.69) is 79.8 Å². The Bertz CT molecular complexity index is 979. The van der Waals surface area contributed by atoms with E-state index in [1.807, 2.05) is 6.20 Å². The zero-order valence-electron chi connectivity index (χ0n) is 18.6. The highest BCUT2D eigenvalue weighted by atomic mass is 15.2. The molecule has 0 atom stereocenters. The van der Waals surface area contributed by atoms with E-state index in [9.17, 15) is 0 Å². The minimum Gasteiger partial charge on any atom is -0.369 e. The lowest BCUT2D eigenvalue weighted by molar-refractivity contribution is 0.190. The van der Waals surface area contributed by atoms with Crippen molar-refractivity contribution < 1.29 is 0 Å². The van der Waals surface area contributed by atoms with Crippen LogP contribution in [0, 0.1) is 0 Å². The van der Waals surface area contributed by atoms with Crippen LogP contribution in [0.3, 0.4) is 0 Å². The number of piperazine rings is 1. The highest BCUT2D eigenvalue weighted by Gasteiger charge is 2.21. The second kappa shape index (κ2) is 9.01. The summed E-state index contributed by atoms with van der Waals surface area (Å²) in [6.07, 6.45) is 18.8. The fourth-order valence-corrected chi connectivity index (χ4v) is 4.52. The van der Waals surface area contributed by atoms with Gasteiger partial charge < -0.3 is 9.80 Å². The molecule has 0 aromatic carbocycles. The number of hydrogen-bond acceptors (Lipinski definition) is 3. The van der Waals surface area contributed by atoms with Crippen molar-refractivity contribution in [3.05, 3.63) is 89.0 Å². The molecule has 1 aromatic rings. The monoisotopic (exact) mass is 399 g/mol. The average molecular weight is 400 g/mol. The standard InChI is InChI=1S/C27H33N3/c1-5-8-22(17-21(3)30-15-13-29(4)14-16-30)25-11-12-27-26(25)18-23(19-28-27)24-10-7-6-9-20(24)2/h5,8-11,17-19H,3,6-7,12-16H2,1-2,4H3/b8-5-,22-17+. The summed E-state index contributed by atoms with van der Waals surface area (Å²) in [6, 6.07) is 2.34. The van der Waals surface area contributed by atoms with E-state index in [1.165, 1.54) is 39.1 Å². The van der Waals surface area contributed by atoms with Gasteiger partial charge in [0.15, 0.2) is 0 Å². The van der Waals surface area contributed by atoms with Gasteiger partial charge in [0.1, 0.15) is 0 Å². The molecule has 0 spiro atoms. The first-order chi connectivity index (χ1) is 14.6. The molecule has 3 aliphatic rings. The smallest absolute Gasteiger partial charge is 0.0520 e. The largest absolute Gasteiger partial charge is 0.369 e. The van der Waals surface area contributed by atoms with Crippen molar-refractivity contribution in [1.82, 2.24) is 14.8 Å². The quantitative estimate of drug-likeness (QED) is 0.617. The lowest BCUT2D eigenvalue weighted by Crippen LogP contribution is -2.43. The van der Waals surface area contributed by atoms with E-state index in [4.69, 9.17) is 4.98 Å². The number of likely N-dealkylation sites (N-methyl/N-ethyl adjacent to an activating group) is 1. The lowest BCUT2D eigenvalue weighted by atomic mass is 9.91. The first-order valence-corrected chi connectivity index (χ1v) is 11.1. The highest BCUT2D eigenvalue weighted by Crippen LogP contribution is 2.36. The number of nitrogens with zero attached hydrogens (tertiary/aromatic N) is 3. The van der Waals surface area contributed by atoms with Gasteiger partial charge in [0.2, 0.25) is 0 Å². The third-order valence-corrected chi connectivity index (χ3v) is 6.35. The topological polar surface area (TPSA) is 19.4 Å². The maximum absolute atomic E-state index is 4.83. The molecule has 0 unspecified atom stereocenters. The molecule has 3 nitrogen and oxygen atoms in total. The molecule has 2 aliphatic carbocycles. The van der Waals surface area contributed by atoms with E-state index in [0.717, 1.165) is 51.1 Å². The maximum Gasteiger partial charge on any atom is 0.0520 e. The molecule has 4 rings (SSSR count). The van der Waals surface area contributed by atoms with Crippen LogP contribution in [-0.4, -0.2) is 48.0 Å². The molecule has 156 valence electrons. The molecule has 0 amide bonds. The summed E-state index contributed by atoms with van der Waals surface area (Å²) in [6.45, 7) is 12.9. The molecular formula is C27H33N3. The molecule has 2 heterocycles. The van der Waals surface area contributed by atoms with Gasteiger partial charge in [0.05, 0.1) is 5.69 Å². The van der Waals surface area contributed by atoms with Gasteiger partial charge in [0.25, 0.3) is 0 Å². The van der Waals surface area contributed by atoms with Crippen LogP contribution in [0.25, 0.3) is 11.1 Å². The Morgan fingerprint density at radius 2 is 1.87 bits per heavy atom. The fourth-order valence-electron chi connectivity index (χ4n) is 4.52. The molecule has 1 aromatic heterocycles. The summed E-state index contributed by atoms with van der Waals surface area (Å²) in [7, 11) is 2.19. The van der Waals surface area contributed by atoms with Crippen LogP contribution >= 0.6 is 0 Å². The van der Waals surface area contributed by atoms with Crippen molar-refractivity contribution in [2.75, 3.05) is 33.2 Å². The molecule has 1 saturated heterocycles. The number of pyridine rings is 1. The molecule has 30 heavy (non-hydrogen) atoms. The molecule has 0 radical (unpaired) electrons. The predicted octanol–water partition coefficient (Wildman–Crippen LogP) is 5.41. The molecule has 3 heteroatoms.